The molecule has 2 aliphatic rings. The van der Waals surface area contributed by atoms with Gasteiger partial charge in [-0.3, -0.25) is 4.79 Å². The molecule has 1 aromatic heterocycles. The molecule has 0 bridgehead atoms. The Hall–Kier alpha value is -3.11. The lowest BCUT2D eigenvalue weighted by atomic mass is 9.81. The Kier molecular flexibility index (Phi) is 5.71. The van der Waals surface area contributed by atoms with E-state index >= 15 is 0 Å². The quantitative estimate of drug-likeness (QED) is 0.454. The van der Waals surface area contributed by atoms with Crippen LogP contribution >= 0.6 is 0 Å². The summed E-state index contributed by atoms with van der Waals surface area (Å²) in [6, 6.07) is 9.94. The standard InChI is InChI=1S/C24H24O9/c25-10-13-8-20(23(28)24(29)21(13)26)33-14-2-3-15-18(9-14)32-11-16(22(15)27)12-1-4-17-19(7-12)31-6-5-30-17/h1-4,7,9,11,13,20-21,23-26,28-29H,5-6,8,10H2/t13-,20-,21-,23+,24-/m0/s1. The highest BCUT2D eigenvalue weighted by Crippen LogP contribution is 2.35. The van der Waals surface area contributed by atoms with Crippen molar-refractivity contribution in [1.29, 1.82) is 0 Å². The van der Waals surface area contributed by atoms with Gasteiger partial charge >= 0.3 is 0 Å². The molecule has 0 spiro atoms. The van der Waals surface area contributed by atoms with Gasteiger partial charge in [-0.15, -0.1) is 0 Å². The Labute approximate surface area is 188 Å². The molecule has 1 aliphatic heterocycles. The molecular weight excluding hydrogens is 432 g/mol. The fraction of sp³-hybridized carbons (Fsp3) is 0.375. The zero-order valence-electron chi connectivity index (χ0n) is 17.6. The molecule has 1 aliphatic carbocycles. The third kappa shape index (κ3) is 3.93. The van der Waals surface area contributed by atoms with Gasteiger partial charge in [-0.2, -0.15) is 0 Å². The first kappa shape index (κ1) is 21.7. The number of benzene rings is 2. The highest BCUT2D eigenvalue weighted by Gasteiger charge is 2.43. The maximum atomic E-state index is 13.1. The summed E-state index contributed by atoms with van der Waals surface area (Å²) in [5.74, 6) is 0.895. The van der Waals surface area contributed by atoms with Crippen LogP contribution < -0.4 is 19.6 Å². The molecule has 2 aromatic carbocycles. The lowest BCUT2D eigenvalue weighted by molar-refractivity contribution is -0.156. The van der Waals surface area contributed by atoms with Crippen LogP contribution in [0.2, 0.25) is 0 Å². The third-order valence-corrected chi connectivity index (χ3v) is 6.22. The van der Waals surface area contributed by atoms with E-state index in [1.165, 1.54) is 12.3 Å². The van der Waals surface area contributed by atoms with Crippen LogP contribution in [0.25, 0.3) is 22.1 Å². The molecule has 5 atom stereocenters. The SMILES string of the molecule is O=c1c(-c2ccc3c(c2)OCCO3)coc2cc(O[C@H]3C[C@@H](CO)[C@H](O)[C@H](O)[C@@H]3O)ccc12. The molecule has 9 heteroatoms. The predicted molar refractivity (Wildman–Crippen MR) is 117 cm³/mol. The van der Waals surface area contributed by atoms with Gasteiger partial charge < -0.3 is 39.1 Å². The number of aliphatic hydroxyl groups is 4. The fourth-order valence-corrected chi connectivity index (χ4v) is 4.35. The highest BCUT2D eigenvalue weighted by atomic mass is 16.6. The second-order valence-corrected chi connectivity index (χ2v) is 8.30. The predicted octanol–water partition coefficient (Wildman–Crippen LogP) is 1.07. The average Bonchev–Trinajstić information content (AvgIpc) is 2.84. The summed E-state index contributed by atoms with van der Waals surface area (Å²) in [4.78, 5) is 13.1. The van der Waals surface area contributed by atoms with Crippen molar-refractivity contribution in [3.63, 3.8) is 0 Å². The van der Waals surface area contributed by atoms with Crippen LogP contribution in [0, 0.1) is 5.92 Å². The van der Waals surface area contributed by atoms with E-state index in [2.05, 4.69) is 0 Å². The van der Waals surface area contributed by atoms with E-state index in [1.54, 1.807) is 30.3 Å². The van der Waals surface area contributed by atoms with Crippen LogP contribution in [-0.2, 0) is 0 Å². The lowest BCUT2D eigenvalue weighted by Crippen LogP contribution is -2.56. The summed E-state index contributed by atoms with van der Waals surface area (Å²) < 4.78 is 22.7. The van der Waals surface area contributed by atoms with Gasteiger partial charge in [-0.05, 0) is 36.2 Å². The van der Waals surface area contributed by atoms with Crippen LogP contribution in [0.15, 0.2) is 51.9 Å². The Balaban J connectivity index is 1.42. The van der Waals surface area contributed by atoms with Crippen LogP contribution in [-0.4, -0.2) is 64.7 Å². The third-order valence-electron chi connectivity index (χ3n) is 6.22. The van der Waals surface area contributed by atoms with Crippen LogP contribution in [0.4, 0.5) is 0 Å². The zero-order chi connectivity index (χ0) is 23.1. The van der Waals surface area contributed by atoms with Gasteiger partial charge in [0.25, 0.3) is 0 Å². The number of fused-ring (bicyclic) bond motifs is 2. The van der Waals surface area contributed by atoms with E-state index in [1.807, 2.05) is 0 Å². The highest BCUT2D eigenvalue weighted by molar-refractivity contribution is 5.83. The average molecular weight is 456 g/mol. The summed E-state index contributed by atoms with van der Waals surface area (Å²) in [7, 11) is 0. The number of hydrogen-bond donors (Lipinski definition) is 4. The summed E-state index contributed by atoms with van der Waals surface area (Å²) in [5, 5.41) is 40.1. The number of aliphatic hydroxyl groups excluding tert-OH is 4. The van der Waals surface area contributed by atoms with Gasteiger partial charge in [0.1, 0.15) is 49.1 Å². The second-order valence-electron chi connectivity index (χ2n) is 8.30. The molecule has 4 N–H and O–H groups in total. The van der Waals surface area contributed by atoms with Gasteiger partial charge in [0.15, 0.2) is 16.9 Å². The smallest absolute Gasteiger partial charge is 0.200 e. The molecule has 0 radical (unpaired) electrons. The largest absolute Gasteiger partial charge is 0.487 e. The van der Waals surface area contributed by atoms with Crippen molar-refractivity contribution in [3.8, 4) is 28.4 Å². The van der Waals surface area contributed by atoms with E-state index in [-0.39, 0.29) is 18.5 Å². The van der Waals surface area contributed by atoms with Crippen molar-refractivity contribution in [2.75, 3.05) is 19.8 Å². The number of rotatable bonds is 4. The molecule has 174 valence electrons. The van der Waals surface area contributed by atoms with Gasteiger partial charge in [-0.25, -0.2) is 0 Å². The van der Waals surface area contributed by atoms with E-state index in [4.69, 9.17) is 18.6 Å². The lowest BCUT2D eigenvalue weighted by Gasteiger charge is -2.39. The fourth-order valence-electron chi connectivity index (χ4n) is 4.35. The van der Waals surface area contributed by atoms with Crippen molar-refractivity contribution in [2.24, 2.45) is 5.92 Å². The zero-order valence-corrected chi connectivity index (χ0v) is 17.6. The van der Waals surface area contributed by atoms with Crippen LogP contribution in [0.5, 0.6) is 17.2 Å². The molecule has 0 saturated heterocycles. The molecule has 2 heterocycles. The molecule has 1 saturated carbocycles. The van der Waals surface area contributed by atoms with E-state index in [0.29, 0.717) is 52.6 Å². The van der Waals surface area contributed by atoms with Crippen LogP contribution in [0.1, 0.15) is 6.42 Å². The van der Waals surface area contributed by atoms with Gasteiger partial charge in [0.2, 0.25) is 0 Å². The summed E-state index contributed by atoms with van der Waals surface area (Å²) in [6.07, 6.45) is -3.32. The number of hydrogen-bond acceptors (Lipinski definition) is 9. The van der Waals surface area contributed by atoms with Crippen molar-refractivity contribution < 1.29 is 39.1 Å². The maximum Gasteiger partial charge on any atom is 0.200 e. The monoisotopic (exact) mass is 456 g/mol. The summed E-state index contributed by atoms with van der Waals surface area (Å²) in [6.45, 7) is 0.573. The van der Waals surface area contributed by atoms with Crippen LogP contribution in [0.3, 0.4) is 0 Å². The molecule has 0 amide bonds. The topological polar surface area (TPSA) is 139 Å². The van der Waals surface area contributed by atoms with Gasteiger partial charge in [-0.1, -0.05) is 6.07 Å². The normalized spacial score (nSPS) is 26.8. The molecule has 9 nitrogen and oxygen atoms in total. The van der Waals surface area contributed by atoms with Crippen molar-refractivity contribution >= 4 is 11.0 Å². The molecule has 33 heavy (non-hydrogen) atoms. The molecular formula is C24H24O9. The molecule has 5 rings (SSSR count). The first-order chi connectivity index (χ1) is 16.0. The Morgan fingerprint density at radius 2 is 1.73 bits per heavy atom. The van der Waals surface area contributed by atoms with Gasteiger partial charge in [0.05, 0.1) is 17.1 Å². The Morgan fingerprint density at radius 1 is 0.939 bits per heavy atom. The van der Waals surface area contributed by atoms with E-state index in [0.717, 1.165) is 0 Å². The minimum absolute atomic E-state index is 0.154. The van der Waals surface area contributed by atoms with Crippen molar-refractivity contribution in [2.45, 2.75) is 30.8 Å². The Morgan fingerprint density at radius 3 is 2.52 bits per heavy atom. The number of ether oxygens (including phenoxy) is 3. The van der Waals surface area contributed by atoms with Gasteiger partial charge in [0, 0.05) is 18.6 Å². The second kappa shape index (κ2) is 8.68. The van der Waals surface area contributed by atoms with E-state index < -0.39 is 30.3 Å². The molecule has 1 fully saturated rings. The maximum absolute atomic E-state index is 13.1. The minimum atomic E-state index is -1.44. The van der Waals surface area contributed by atoms with Crippen molar-refractivity contribution in [1.82, 2.24) is 0 Å². The summed E-state index contributed by atoms with van der Waals surface area (Å²) >= 11 is 0. The first-order valence-electron chi connectivity index (χ1n) is 10.7. The summed E-state index contributed by atoms with van der Waals surface area (Å²) in [5.41, 5.74) is 1.08. The Bertz CT molecular complexity index is 1220. The minimum Gasteiger partial charge on any atom is -0.487 e. The first-order valence-corrected chi connectivity index (χ1v) is 10.7. The molecule has 3 aromatic rings. The van der Waals surface area contributed by atoms with Crippen molar-refractivity contribution in [3.05, 3.63) is 52.9 Å². The molecule has 0 unspecified atom stereocenters. The van der Waals surface area contributed by atoms with E-state index in [9.17, 15) is 25.2 Å².